The van der Waals surface area contributed by atoms with Gasteiger partial charge in [-0.3, -0.25) is 9.59 Å². The molecule has 1 aromatic carbocycles. The lowest BCUT2D eigenvalue weighted by atomic mass is 9.82. The summed E-state index contributed by atoms with van der Waals surface area (Å²) < 4.78 is 7.46. The van der Waals surface area contributed by atoms with E-state index in [0.717, 1.165) is 51.4 Å². The van der Waals surface area contributed by atoms with Crippen LogP contribution in [0.2, 0.25) is 0 Å². The molecule has 2 fully saturated rings. The number of nitrogens with zero attached hydrogens (tertiary/aromatic N) is 1. The highest BCUT2D eigenvalue weighted by Crippen LogP contribution is 2.31. The quantitative estimate of drug-likeness (QED) is 0.824. The molecule has 29 heavy (non-hydrogen) atoms. The van der Waals surface area contributed by atoms with E-state index >= 15 is 0 Å². The number of ether oxygens (including phenoxy) is 1. The lowest BCUT2D eigenvalue weighted by molar-refractivity contribution is -0.937. The number of hydrogen-bond acceptors (Lipinski definition) is 3. The Bertz CT molecular complexity index is 950. The predicted molar refractivity (Wildman–Crippen MR) is 110 cm³/mol. The number of piperidine rings is 1. The molecule has 2 N–H and O–H groups in total. The van der Waals surface area contributed by atoms with Crippen molar-refractivity contribution in [1.29, 1.82) is 0 Å². The minimum atomic E-state index is -0.241. The zero-order chi connectivity index (χ0) is 19.8. The van der Waals surface area contributed by atoms with E-state index in [1.165, 1.54) is 6.42 Å². The molecule has 5 rings (SSSR count). The first-order valence-electron chi connectivity index (χ1n) is 10.7. The molecule has 0 spiro atoms. The number of carbonyl (C=O) groups is 1. The van der Waals surface area contributed by atoms with Gasteiger partial charge in [0.15, 0.2) is 0 Å². The number of benzene rings is 1. The van der Waals surface area contributed by atoms with E-state index < -0.39 is 0 Å². The van der Waals surface area contributed by atoms with Crippen molar-refractivity contribution < 1.29 is 14.4 Å². The highest BCUT2D eigenvalue weighted by molar-refractivity contribution is 6.04. The van der Waals surface area contributed by atoms with Crippen molar-refractivity contribution in [2.75, 3.05) is 31.6 Å². The largest absolute Gasteiger partial charge is 0.381 e. The maximum Gasteiger partial charge on any atom is 0.274 e. The molecule has 152 valence electrons. The molecule has 6 nitrogen and oxygen atoms in total. The normalized spacial score (nSPS) is 26.6. The topological polar surface area (TPSA) is 64.8 Å². The third-order valence-electron chi connectivity index (χ3n) is 6.83. The Balaban J connectivity index is 1.37. The second-order valence-electron chi connectivity index (χ2n) is 8.66. The average Bonchev–Trinajstić information content (AvgIpc) is 2.77. The molecule has 2 saturated heterocycles. The Morgan fingerprint density at radius 2 is 1.86 bits per heavy atom. The molecule has 3 atom stereocenters. The first-order chi connectivity index (χ1) is 14.2. The van der Waals surface area contributed by atoms with Crippen LogP contribution in [0.4, 0.5) is 5.69 Å². The maximum absolute atomic E-state index is 13.1. The number of hydrogen-bond donors (Lipinski definition) is 2. The molecule has 1 unspecified atom stereocenters. The van der Waals surface area contributed by atoms with Crippen molar-refractivity contribution >= 4 is 11.6 Å². The summed E-state index contributed by atoms with van der Waals surface area (Å²) in [4.78, 5) is 27.3. The summed E-state index contributed by atoms with van der Waals surface area (Å²) in [5.41, 5.74) is 1.99. The summed E-state index contributed by atoms with van der Waals surface area (Å²) in [7, 11) is 0. The van der Waals surface area contributed by atoms with Crippen LogP contribution in [0.3, 0.4) is 0 Å². The number of nitrogens with one attached hydrogen (secondary N) is 2. The van der Waals surface area contributed by atoms with Crippen LogP contribution in [0.1, 0.15) is 41.2 Å². The lowest BCUT2D eigenvalue weighted by Gasteiger charge is -2.44. The zero-order valence-electron chi connectivity index (χ0n) is 16.6. The van der Waals surface area contributed by atoms with E-state index in [9.17, 15) is 9.59 Å². The maximum atomic E-state index is 13.1. The summed E-state index contributed by atoms with van der Waals surface area (Å²) in [5, 5.41) is 2.81. The number of amides is 1. The molecule has 2 bridgehead atoms. The zero-order valence-corrected chi connectivity index (χ0v) is 16.6. The third kappa shape index (κ3) is 3.63. The standard InChI is InChI=1S/C23H27N3O3/c27-22(17-4-2-1-3-5-17)24-20-6-7-21-18-12-16(14-26(21)23(20)28)13-25(15-18)19-8-10-29-11-9-19/h1-7,16,18-19H,8-15H2,(H,24,27)/p+1/t16-,18+/m0/s1. The molecule has 1 amide bonds. The first-order valence-corrected chi connectivity index (χ1v) is 10.7. The van der Waals surface area contributed by atoms with Gasteiger partial charge in [0.2, 0.25) is 0 Å². The summed E-state index contributed by atoms with van der Waals surface area (Å²) in [5.74, 6) is 0.707. The van der Waals surface area contributed by atoms with Crippen LogP contribution in [0.5, 0.6) is 0 Å². The van der Waals surface area contributed by atoms with E-state index in [2.05, 4.69) is 11.4 Å². The van der Waals surface area contributed by atoms with Gasteiger partial charge < -0.3 is 19.5 Å². The molecular weight excluding hydrogens is 366 g/mol. The van der Waals surface area contributed by atoms with E-state index in [1.807, 2.05) is 22.8 Å². The van der Waals surface area contributed by atoms with Crippen LogP contribution in [-0.2, 0) is 11.3 Å². The van der Waals surface area contributed by atoms with E-state index in [1.54, 1.807) is 23.1 Å². The number of likely N-dealkylation sites (tertiary alicyclic amines) is 1. The van der Waals surface area contributed by atoms with Crippen molar-refractivity contribution in [3.05, 3.63) is 64.1 Å². The van der Waals surface area contributed by atoms with Crippen molar-refractivity contribution in [2.24, 2.45) is 5.92 Å². The van der Waals surface area contributed by atoms with E-state index in [0.29, 0.717) is 29.1 Å². The van der Waals surface area contributed by atoms with Crippen molar-refractivity contribution in [2.45, 2.75) is 37.8 Å². The van der Waals surface area contributed by atoms with Gasteiger partial charge in [0, 0.05) is 42.5 Å². The Morgan fingerprint density at radius 3 is 2.66 bits per heavy atom. The number of anilines is 1. The number of pyridine rings is 1. The fourth-order valence-corrected chi connectivity index (χ4v) is 5.42. The Labute approximate surface area is 170 Å². The molecule has 0 radical (unpaired) electrons. The Kier molecular flexibility index (Phi) is 4.97. The van der Waals surface area contributed by atoms with Crippen LogP contribution in [0, 0.1) is 5.92 Å². The monoisotopic (exact) mass is 394 g/mol. The van der Waals surface area contributed by atoms with Crippen LogP contribution in [0.15, 0.2) is 47.3 Å². The molecule has 1 aromatic heterocycles. The van der Waals surface area contributed by atoms with Gasteiger partial charge in [0.25, 0.3) is 11.5 Å². The van der Waals surface area contributed by atoms with Gasteiger partial charge in [-0.25, -0.2) is 0 Å². The van der Waals surface area contributed by atoms with Crippen molar-refractivity contribution in [1.82, 2.24) is 4.57 Å². The fraction of sp³-hybridized carbons (Fsp3) is 0.478. The number of aromatic nitrogens is 1. The van der Waals surface area contributed by atoms with Gasteiger partial charge >= 0.3 is 0 Å². The van der Waals surface area contributed by atoms with Crippen LogP contribution >= 0.6 is 0 Å². The smallest absolute Gasteiger partial charge is 0.274 e. The first kappa shape index (κ1) is 18.6. The fourth-order valence-electron chi connectivity index (χ4n) is 5.42. The number of quaternary nitrogens is 1. The summed E-state index contributed by atoms with van der Waals surface area (Å²) in [6.45, 7) is 4.74. The van der Waals surface area contributed by atoms with Crippen LogP contribution in [0.25, 0.3) is 0 Å². The van der Waals surface area contributed by atoms with Crippen molar-refractivity contribution in [3.63, 3.8) is 0 Å². The second kappa shape index (κ2) is 7.76. The van der Waals surface area contributed by atoms with Gasteiger partial charge in [0.1, 0.15) is 5.69 Å². The molecule has 3 aliphatic heterocycles. The van der Waals surface area contributed by atoms with Gasteiger partial charge in [-0.2, -0.15) is 0 Å². The third-order valence-corrected chi connectivity index (χ3v) is 6.83. The minimum Gasteiger partial charge on any atom is -0.381 e. The highest BCUT2D eigenvalue weighted by Gasteiger charge is 2.40. The molecule has 4 heterocycles. The van der Waals surface area contributed by atoms with Crippen LogP contribution in [-0.4, -0.2) is 42.8 Å². The van der Waals surface area contributed by atoms with Crippen molar-refractivity contribution in [3.8, 4) is 0 Å². The van der Waals surface area contributed by atoms with Gasteiger partial charge in [-0.1, -0.05) is 18.2 Å². The number of carbonyl (C=O) groups excluding carboxylic acids is 1. The SMILES string of the molecule is O=C(Nc1ccc2n(c1=O)C[C@H]1C[C@@H]2C[NH+](C2CCOCC2)C1)c1ccccc1. The van der Waals surface area contributed by atoms with Crippen LogP contribution < -0.4 is 15.8 Å². The highest BCUT2D eigenvalue weighted by atomic mass is 16.5. The number of rotatable bonds is 3. The minimum absolute atomic E-state index is 0.0732. The lowest BCUT2D eigenvalue weighted by Crippen LogP contribution is -3.18. The molecule has 0 saturated carbocycles. The van der Waals surface area contributed by atoms with Gasteiger partial charge in [-0.05, 0) is 30.7 Å². The van der Waals surface area contributed by atoms with E-state index in [-0.39, 0.29) is 11.5 Å². The Morgan fingerprint density at radius 1 is 1.07 bits per heavy atom. The molecule has 6 heteroatoms. The predicted octanol–water partition coefficient (Wildman–Crippen LogP) is 1.28. The molecule has 2 aromatic rings. The molecular formula is C23H28N3O3+. The summed E-state index contributed by atoms with van der Waals surface area (Å²) >= 11 is 0. The summed E-state index contributed by atoms with van der Waals surface area (Å²) in [6, 6.07) is 13.6. The number of fused-ring (bicyclic) bond motifs is 4. The molecule has 3 aliphatic rings. The second-order valence-corrected chi connectivity index (χ2v) is 8.66. The van der Waals surface area contributed by atoms with E-state index in [4.69, 9.17) is 4.74 Å². The van der Waals surface area contributed by atoms with Gasteiger partial charge in [-0.15, -0.1) is 0 Å². The summed E-state index contributed by atoms with van der Waals surface area (Å²) in [6.07, 6.45) is 3.46. The Hall–Kier alpha value is -2.44. The van der Waals surface area contributed by atoms with Gasteiger partial charge in [0.05, 0.1) is 32.3 Å². The average molecular weight is 394 g/mol. The molecule has 0 aliphatic carbocycles.